The van der Waals surface area contributed by atoms with Gasteiger partial charge in [-0.3, -0.25) is 0 Å². The standard InChI is InChI=1S/C29H44O12.C24H38O9.C23H36O10/c1-21(2)25(30)38-13-9-34-17-29(18-35-10-14-39-26(31)22(3)4,19-36-11-15-40-27(32)23(5)6)20-37-12-16-41-28(33)24(7)8;1-8-24(15-28-9-12-31-21(25)18(2)3,16-29-10-13-32-22(26)19(4)5)17-30-11-14-33-23(27)20(6)7;1-17(2)20(25)31-10-7-28-14-23(13-24,15-29-8-11-32-21(26)18(3)4)16-30-9-12-33-22(27)19(5)6/h1,3,5,7,9-20H2,2,4,6,8H3;2,4,6,8-17H2,1,3,5,7H3;24H,1,3,5,7-16H2,2,4,6H3. The van der Waals surface area contributed by atoms with Crippen molar-refractivity contribution in [3.8, 4) is 0 Å². The van der Waals surface area contributed by atoms with Crippen molar-refractivity contribution in [3.05, 3.63) is 122 Å². The molecule has 0 rings (SSSR count). The van der Waals surface area contributed by atoms with E-state index in [1.54, 1.807) is 20.8 Å². The van der Waals surface area contributed by atoms with E-state index in [1.807, 2.05) is 6.92 Å². The van der Waals surface area contributed by atoms with Crippen molar-refractivity contribution >= 4 is 59.7 Å². The Labute approximate surface area is 630 Å². The van der Waals surface area contributed by atoms with E-state index < -0.39 is 75.9 Å². The molecule has 0 amide bonds. The maximum atomic E-state index is 11.6. The van der Waals surface area contributed by atoms with E-state index in [1.165, 1.54) is 48.5 Å². The SMILES string of the molecule is C=C(C)C(=O)OCCOCC(CC)(COCCOC(=O)C(=C)C)COCCOC(=O)C(=C)C.C=C(C)C(=O)OCCOCC(CO)(COCCOC(=O)C(=C)C)COCCOC(=O)C(=C)C.C=C(C)C(=O)OCCOCC(COCCOC(=O)C(=C)C)(COCCOC(=O)C(=C)C)COCCOC(=O)C(=C)C. The summed E-state index contributed by atoms with van der Waals surface area (Å²) in [4.78, 5) is 115. The molecule has 0 fully saturated rings. The van der Waals surface area contributed by atoms with Gasteiger partial charge in [0.15, 0.2) is 0 Å². The van der Waals surface area contributed by atoms with Crippen LogP contribution in [0.15, 0.2) is 122 Å². The fourth-order valence-corrected chi connectivity index (χ4v) is 6.99. The average molecular weight is 1530 g/mol. The Hall–Kier alpha value is -8.34. The number of carbonyl (C=O) groups is 10. The largest absolute Gasteiger partial charge is 0.460 e. The van der Waals surface area contributed by atoms with Crippen molar-refractivity contribution in [2.45, 2.75) is 82.6 Å². The van der Waals surface area contributed by atoms with Gasteiger partial charge in [-0.05, 0) is 75.7 Å². The molecule has 107 heavy (non-hydrogen) atoms. The lowest BCUT2D eigenvalue weighted by molar-refractivity contribution is -0.149. The Balaban J connectivity index is -0.00000153. The quantitative estimate of drug-likeness (QED) is 0.0287. The summed E-state index contributed by atoms with van der Waals surface area (Å²) in [6.45, 7) is 54.9. The van der Waals surface area contributed by atoms with Crippen molar-refractivity contribution in [2.24, 2.45) is 16.2 Å². The van der Waals surface area contributed by atoms with Crippen LogP contribution in [0.2, 0.25) is 0 Å². The summed E-state index contributed by atoms with van der Waals surface area (Å²) in [6.07, 6.45) is 0.662. The maximum Gasteiger partial charge on any atom is 0.333 e. The number of rotatable bonds is 62. The number of hydrogen-bond acceptors (Lipinski definition) is 31. The van der Waals surface area contributed by atoms with E-state index in [4.69, 9.17) is 94.7 Å². The monoisotopic (exact) mass is 1530 g/mol. The lowest BCUT2D eigenvalue weighted by Crippen LogP contribution is -2.43. The third-order valence-corrected chi connectivity index (χ3v) is 13.3. The number of carbonyl (C=O) groups excluding carboxylic acids is 10. The number of aliphatic hydroxyl groups excluding tert-OH is 1. The molecule has 0 radical (unpaired) electrons. The number of ether oxygens (including phenoxy) is 20. The second-order valence-corrected chi connectivity index (χ2v) is 24.7. The first-order valence-electron chi connectivity index (χ1n) is 34.0. The predicted molar refractivity (Wildman–Crippen MR) is 391 cm³/mol. The van der Waals surface area contributed by atoms with Gasteiger partial charge in [0.05, 0.1) is 150 Å². The van der Waals surface area contributed by atoms with Crippen molar-refractivity contribution in [3.63, 3.8) is 0 Å². The molecule has 31 heteroatoms. The zero-order valence-electron chi connectivity index (χ0n) is 64.9. The van der Waals surface area contributed by atoms with Gasteiger partial charge in [-0.15, -0.1) is 0 Å². The molecule has 0 aromatic heterocycles. The van der Waals surface area contributed by atoms with Gasteiger partial charge in [-0.1, -0.05) is 72.7 Å². The topological polar surface area (TPSA) is 376 Å². The molecule has 1 N–H and O–H groups in total. The van der Waals surface area contributed by atoms with E-state index in [9.17, 15) is 53.1 Å². The number of aliphatic hydroxyl groups is 1. The summed E-state index contributed by atoms with van der Waals surface area (Å²) in [5.74, 6) is -5.12. The molecule has 608 valence electrons. The maximum absolute atomic E-state index is 11.6. The highest BCUT2D eigenvalue weighted by molar-refractivity contribution is 5.90. The Kier molecular flexibility index (Phi) is 59.2. The highest BCUT2D eigenvalue weighted by Crippen LogP contribution is 2.25. The lowest BCUT2D eigenvalue weighted by atomic mass is 9.88. The molecule has 0 saturated heterocycles. The highest BCUT2D eigenvalue weighted by atomic mass is 16.6. The van der Waals surface area contributed by atoms with Gasteiger partial charge < -0.3 is 99.8 Å². The van der Waals surface area contributed by atoms with Crippen LogP contribution in [0.25, 0.3) is 0 Å². The van der Waals surface area contributed by atoms with E-state index in [2.05, 4.69) is 65.8 Å². The smallest absolute Gasteiger partial charge is 0.333 e. The van der Waals surface area contributed by atoms with Crippen LogP contribution < -0.4 is 0 Å². The molecule has 0 bridgehead atoms. The van der Waals surface area contributed by atoms with Crippen LogP contribution in [0.4, 0.5) is 0 Å². The van der Waals surface area contributed by atoms with Gasteiger partial charge in [0, 0.05) is 61.1 Å². The Morgan fingerprint density at radius 3 is 0.421 bits per heavy atom. The molecule has 0 saturated carbocycles. The van der Waals surface area contributed by atoms with Crippen LogP contribution in [0.1, 0.15) is 82.6 Å². The number of esters is 10. The van der Waals surface area contributed by atoms with Crippen molar-refractivity contribution in [1.29, 1.82) is 0 Å². The van der Waals surface area contributed by atoms with Crippen LogP contribution >= 0.6 is 0 Å². The van der Waals surface area contributed by atoms with Gasteiger partial charge in [0.25, 0.3) is 0 Å². The molecule has 0 unspecified atom stereocenters. The molecule has 0 aliphatic rings. The summed E-state index contributed by atoms with van der Waals surface area (Å²) < 4.78 is 107. The van der Waals surface area contributed by atoms with Crippen LogP contribution in [0.5, 0.6) is 0 Å². The van der Waals surface area contributed by atoms with Crippen LogP contribution in [-0.2, 0) is 143 Å². The Bertz CT molecular complexity index is 2440. The molecular formula is C76H118O31. The van der Waals surface area contributed by atoms with Crippen LogP contribution in [0, 0.1) is 16.2 Å². The molecule has 31 nitrogen and oxygen atoms in total. The predicted octanol–water partition coefficient (Wildman–Crippen LogP) is 6.68. The van der Waals surface area contributed by atoms with Gasteiger partial charge in [0.1, 0.15) is 66.1 Å². The molecule has 0 spiro atoms. The van der Waals surface area contributed by atoms with Crippen LogP contribution in [-0.4, -0.2) is 270 Å². The molecule has 0 aliphatic heterocycles. The van der Waals surface area contributed by atoms with Crippen LogP contribution in [0.3, 0.4) is 0 Å². The molecule has 0 aliphatic carbocycles. The van der Waals surface area contributed by atoms with E-state index in [0.29, 0.717) is 23.1 Å². The minimum absolute atomic E-state index is 0.00505. The second kappa shape index (κ2) is 61.6. The zero-order valence-corrected chi connectivity index (χ0v) is 64.9. The molecule has 0 aromatic rings. The summed E-state index contributed by atoms with van der Waals surface area (Å²) in [5.41, 5.74) is 0.505. The fraction of sp³-hybridized carbons (Fsp3) is 0.605. The molecular weight excluding hydrogens is 1410 g/mol. The minimum atomic E-state index is -0.949. The van der Waals surface area contributed by atoms with Crippen molar-refractivity contribution in [1.82, 2.24) is 0 Å². The summed E-state index contributed by atoms with van der Waals surface area (Å²) in [7, 11) is 0. The van der Waals surface area contributed by atoms with E-state index >= 15 is 0 Å². The summed E-state index contributed by atoms with van der Waals surface area (Å²) >= 11 is 0. The third-order valence-electron chi connectivity index (χ3n) is 13.3. The van der Waals surface area contributed by atoms with Gasteiger partial charge in [-0.2, -0.15) is 0 Å². The first-order valence-corrected chi connectivity index (χ1v) is 34.0. The average Bonchev–Trinajstić information content (AvgIpc) is 0.868. The fourth-order valence-electron chi connectivity index (χ4n) is 6.99. The first kappa shape index (κ1) is 103. The zero-order chi connectivity index (χ0) is 81.8. The molecule has 0 aromatic carbocycles. The second-order valence-electron chi connectivity index (χ2n) is 24.7. The van der Waals surface area contributed by atoms with Gasteiger partial charge >= 0.3 is 59.7 Å². The summed E-state index contributed by atoms with van der Waals surface area (Å²) in [5, 5.41) is 10.00. The van der Waals surface area contributed by atoms with Gasteiger partial charge in [-0.25, -0.2) is 47.9 Å². The third kappa shape index (κ3) is 54.8. The normalized spacial score (nSPS) is 10.9. The lowest BCUT2D eigenvalue weighted by Gasteiger charge is -2.33. The first-order chi connectivity index (χ1) is 50.4. The minimum Gasteiger partial charge on any atom is -0.460 e. The van der Waals surface area contributed by atoms with Crippen molar-refractivity contribution in [2.75, 3.05) is 205 Å². The molecule has 0 heterocycles. The van der Waals surface area contributed by atoms with E-state index in [0.717, 1.165) is 0 Å². The Morgan fingerprint density at radius 2 is 0.318 bits per heavy atom. The summed E-state index contributed by atoms with van der Waals surface area (Å²) in [6, 6.07) is 0. The number of hydrogen-bond donors (Lipinski definition) is 1. The Morgan fingerprint density at radius 1 is 0.206 bits per heavy atom. The van der Waals surface area contributed by atoms with Crippen molar-refractivity contribution < 1.29 is 148 Å². The van der Waals surface area contributed by atoms with Gasteiger partial charge in [0.2, 0.25) is 0 Å². The molecule has 0 atom stereocenters. The van der Waals surface area contributed by atoms with E-state index in [-0.39, 0.29) is 244 Å². The highest BCUT2D eigenvalue weighted by Gasteiger charge is 2.35.